The van der Waals surface area contributed by atoms with E-state index in [1.54, 1.807) is 0 Å². The van der Waals surface area contributed by atoms with E-state index in [4.69, 9.17) is 0 Å². The number of nitrogens with one attached hydrogen (secondary N) is 2. The Hall–Kier alpha value is -0.910. The first-order valence-corrected chi connectivity index (χ1v) is 8.38. The second kappa shape index (κ2) is 6.24. The summed E-state index contributed by atoms with van der Waals surface area (Å²) in [6, 6.07) is -0.344. The van der Waals surface area contributed by atoms with E-state index in [1.807, 2.05) is 11.8 Å². The van der Waals surface area contributed by atoms with Crippen LogP contribution in [0.1, 0.15) is 51.9 Å². The SMILES string of the molecule is CC1(CNC(=O)NC2(C(=O)O)CCCCC2)CCCS1. The number of carboxylic acid groups (broad SMARTS) is 1. The molecule has 1 saturated carbocycles. The summed E-state index contributed by atoms with van der Waals surface area (Å²) in [4.78, 5) is 23.5. The van der Waals surface area contributed by atoms with Crippen LogP contribution in [0.3, 0.4) is 0 Å². The summed E-state index contributed by atoms with van der Waals surface area (Å²) in [5.74, 6) is 0.229. The number of rotatable bonds is 4. The Kier molecular flexibility index (Phi) is 4.83. The summed E-state index contributed by atoms with van der Waals surface area (Å²) in [5, 5.41) is 15.0. The number of thioether (sulfide) groups is 1. The number of hydrogen-bond donors (Lipinski definition) is 3. The van der Waals surface area contributed by atoms with E-state index in [0.29, 0.717) is 19.4 Å². The Morgan fingerprint density at radius 1 is 1.15 bits per heavy atom. The number of urea groups is 1. The molecule has 1 atom stereocenters. The molecule has 0 spiro atoms. The lowest BCUT2D eigenvalue weighted by Gasteiger charge is -2.34. The molecule has 2 amide bonds. The molecule has 5 nitrogen and oxygen atoms in total. The molecule has 2 fully saturated rings. The van der Waals surface area contributed by atoms with E-state index in [0.717, 1.165) is 31.4 Å². The standard InChI is InChI=1S/C14H24N2O3S/c1-13(6-5-9-20-13)10-15-12(19)16-14(11(17)18)7-3-2-4-8-14/h2-10H2,1H3,(H,17,18)(H2,15,16,19). The van der Waals surface area contributed by atoms with E-state index in [-0.39, 0.29) is 10.8 Å². The van der Waals surface area contributed by atoms with Gasteiger partial charge in [-0.05, 0) is 38.4 Å². The van der Waals surface area contributed by atoms with Crippen LogP contribution in [0.4, 0.5) is 4.79 Å². The van der Waals surface area contributed by atoms with Crippen LogP contribution in [-0.4, -0.2) is 39.7 Å². The summed E-state index contributed by atoms with van der Waals surface area (Å²) in [6.45, 7) is 2.75. The van der Waals surface area contributed by atoms with E-state index >= 15 is 0 Å². The van der Waals surface area contributed by atoms with Crippen molar-refractivity contribution in [3.63, 3.8) is 0 Å². The van der Waals surface area contributed by atoms with Crippen LogP contribution in [0.15, 0.2) is 0 Å². The average Bonchev–Trinajstić information content (AvgIpc) is 2.85. The van der Waals surface area contributed by atoms with Crippen molar-refractivity contribution in [2.24, 2.45) is 0 Å². The highest BCUT2D eigenvalue weighted by Crippen LogP contribution is 2.37. The lowest BCUT2D eigenvalue weighted by molar-refractivity contribution is -0.145. The third kappa shape index (κ3) is 3.59. The highest BCUT2D eigenvalue weighted by Gasteiger charge is 2.41. The highest BCUT2D eigenvalue weighted by molar-refractivity contribution is 8.00. The average molecular weight is 300 g/mol. The minimum Gasteiger partial charge on any atom is -0.480 e. The Balaban J connectivity index is 1.87. The topological polar surface area (TPSA) is 78.4 Å². The molecule has 0 aromatic heterocycles. The zero-order chi connectivity index (χ0) is 14.6. The van der Waals surface area contributed by atoms with Gasteiger partial charge in [-0.2, -0.15) is 11.8 Å². The van der Waals surface area contributed by atoms with E-state index < -0.39 is 11.5 Å². The second-order valence-corrected chi connectivity index (χ2v) is 7.84. The fourth-order valence-electron chi connectivity index (χ4n) is 3.05. The van der Waals surface area contributed by atoms with Crippen molar-refractivity contribution in [2.45, 2.75) is 62.2 Å². The summed E-state index contributed by atoms with van der Waals surface area (Å²) >= 11 is 1.88. The molecular weight excluding hydrogens is 276 g/mol. The van der Waals surface area contributed by atoms with Gasteiger partial charge in [0.2, 0.25) is 0 Å². The predicted molar refractivity (Wildman–Crippen MR) is 80.1 cm³/mol. The molecule has 114 valence electrons. The van der Waals surface area contributed by atoms with Gasteiger partial charge in [0.15, 0.2) is 0 Å². The van der Waals surface area contributed by atoms with Crippen molar-refractivity contribution < 1.29 is 14.7 Å². The quantitative estimate of drug-likeness (QED) is 0.745. The van der Waals surface area contributed by atoms with Crippen LogP contribution in [0.5, 0.6) is 0 Å². The van der Waals surface area contributed by atoms with Crippen molar-refractivity contribution in [3.05, 3.63) is 0 Å². The fourth-order valence-corrected chi connectivity index (χ4v) is 4.30. The van der Waals surface area contributed by atoms with Crippen molar-refractivity contribution in [3.8, 4) is 0 Å². The van der Waals surface area contributed by atoms with Gasteiger partial charge in [0.1, 0.15) is 5.54 Å². The van der Waals surface area contributed by atoms with E-state index in [2.05, 4.69) is 17.6 Å². The molecular formula is C14H24N2O3S. The monoisotopic (exact) mass is 300 g/mol. The Labute approximate surface area is 124 Å². The molecule has 20 heavy (non-hydrogen) atoms. The summed E-state index contributed by atoms with van der Waals surface area (Å²) in [7, 11) is 0. The Morgan fingerprint density at radius 2 is 1.85 bits per heavy atom. The maximum absolute atomic E-state index is 12.0. The van der Waals surface area contributed by atoms with Gasteiger partial charge in [0.05, 0.1) is 0 Å². The van der Waals surface area contributed by atoms with E-state index in [9.17, 15) is 14.7 Å². The zero-order valence-electron chi connectivity index (χ0n) is 12.0. The van der Waals surface area contributed by atoms with Crippen molar-refractivity contribution in [1.29, 1.82) is 0 Å². The molecule has 0 bridgehead atoms. The number of carbonyl (C=O) groups is 2. The predicted octanol–water partition coefficient (Wildman–Crippen LogP) is 2.36. The van der Waals surface area contributed by atoms with Gasteiger partial charge in [-0.3, -0.25) is 0 Å². The lowest BCUT2D eigenvalue weighted by Crippen LogP contribution is -2.58. The maximum atomic E-state index is 12.0. The van der Waals surface area contributed by atoms with Crippen molar-refractivity contribution in [2.75, 3.05) is 12.3 Å². The van der Waals surface area contributed by atoms with Crippen LogP contribution in [0.25, 0.3) is 0 Å². The molecule has 0 aromatic carbocycles. The number of aliphatic carboxylic acids is 1. The minimum absolute atomic E-state index is 0.0975. The number of carboxylic acids is 1. The number of amides is 2. The maximum Gasteiger partial charge on any atom is 0.329 e. The molecule has 1 aliphatic heterocycles. The molecule has 3 N–H and O–H groups in total. The number of hydrogen-bond acceptors (Lipinski definition) is 3. The molecule has 0 aromatic rings. The molecule has 2 rings (SSSR count). The smallest absolute Gasteiger partial charge is 0.329 e. The van der Waals surface area contributed by atoms with Gasteiger partial charge in [0, 0.05) is 11.3 Å². The van der Waals surface area contributed by atoms with Crippen molar-refractivity contribution >= 4 is 23.8 Å². The van der Waals surface area contributed by atoms with Gasteiger partial charge >= 0.3 is 12.0 Å². The minimum atomic E-state index is -1.06. The zero-order valence-corrected chi connectivity index (χ0v) is 12.9. The third-order valence-electron chi connectivity index (χ3n) is 4.39. The van der Waals surface area contributed by atoms with Gasteiger partial charge in [0.25, 0.3) is 0 Å². The first-order valence-electron chi connectivity index (χ1n) is 7.39. The first-order chi connectivity index (χ1) is 9.46. The normalized spacial score (nSPS) is 28.9. The molecule has 1 unspecified atom stereocenters. The highest BCUT2D eigenvalue weighted by atomic mass is 32.2. The summed E-state index contributed by atoms with van der Waals surface area (Å²) in [6.07, 6.45) is 6.11. The Morgan fingerprint density at radius 3 is 2.40 bits per heavy atom. The van der Waals surface area contributed by atoms with Gasteiger partial charge in [-0.1, -0.05) is 19.3 Å². The van der Waals surface area contributed by atoms with Crippen LogP contribution in [-0.2, 0) is 4.79 Å². The van der Waals surface area contributed by atoms with Crippen LogP contribution in [0.2, 0.25) is 0 Å². The van der Waals surface area contributed by atoms with Crippen LogP contribution in [0, 0.1) is 0 Å². The molecule has 2 aliphatic rings. The summed E-state index contributed by atoms with van der Waals surface area (Å²) < 4.78 is 0.0975. The van der Waals surface area contributed by atoms with Gasteiger partial charge in [-0.25, -0.2) is 9.59 Å². The van der Waals surface area contributed by atoms with Crippen molar-refractivity contribution in [1.82, 2.24) is 10.6 Å². The van der Waals surface area contributed by atoms with Crippen LogP contribution < -0.4 is 10.6 Å². The van der Waals surface area contributed by atoms with Gasteiger partial charge < -0.3 is 15.7 Å². The second-order valence-electron chi connectivity index (χ2n) is 6.16. The third-order valence-corrected chi connectivity index (χ3v) is 5.93. The number of carbonyl (C=O) groups excluding carboxylic acids is 1. The largest absolute Gasteiger partial charge is 0.480 e. The summed E-state index contributed by atoms with van der Waals surface area (Å²) in [5.41, 5.74) is -1.06. The lowest BCUT2D eigenvalue weighted by atomic mass is 9.82. The first kappa shape index (κ1) is 15.5. The molecule has 1 heterocycles. The van der Waals surface area contributed by atoms with Gasteiger partial charge in [-0.15, -0.1) is 0 Å². The molecule has 1 saturated heterocycles. The Bertz CT molecular complexity index is 375. The molecule has 1 aliphatic carbocycles. The molecule has 6 heteroatoms. The van der Waals surface area contributed by atoms with E-state index in [1.165, 1.54) is 6.42 Å². The molecule has 0 radical (unpaired) electrons. The van der Waals surface area contributed by atoms with Crippen LogP contribution >= 0.6 is 11.8 Å². The fraction of sp³-hybridized carbons (Fsp3) is 0.857.